The predicted octanol–water partition coefficient (Wildman–Crippen LogP) is 0.637. The van der Waals surface area contributed by atoms with E-state index in [-0.39, 0.29) is 24.0 Å². The molecule has 0 aliphatic carbocycles. The van der Waals surface area contributed by atoms with Crippen LogP contribution in [0.25, 0.3) is 0 Å². The Hall–Kier alpha value is -3.37. The largest absolute Gasteiger partial charge is 0.454 e. The molecule has 3 rings (SSSR count). The van der Waals surface area contributed by atoms with E-state index >= 15 is 0 Å². The van der Waals surface area contributed by atoms with E-state index in [1.165, 1.54) is 23.0 Å². The van der Waals surface area contributed by atoms with Gasteiger partial charge < -0.3 is 15.3 Å². The summed E-state index contributed by atoms with van der Waals surface area (Å²) in [7, 11) is 0. The first kappa shape index (κ1) is 14.6. The predicted molar refractivity (Wildman–Crippen MR) is 80.0 cm³/mol. The van der Waals surface area contributed by atoms with Gasteiger partial charge in [-0.25, -0.2) is 10.1 Å². The number of nitro groups is 1. The third-order valence-electron chi connectivity index (χ3n) is 3.17. The smallest absolute Gasteiger partial charge is 0.282 e. The van der Waals surface area contributed by atoms with Crippen LogP contribution in [0, 0.1) is 10.1 Å². The van der Waals surface area contributed by atoms with Crippen LogP contribution in [-0.2, 0) is 6.42 Å². The number of nitrogen functional groups attached to an aromatic ring is 1. The van der Waals surface area contributed by atoms with Gasteiger partial charge in [-0.2, -0.15) is 5.10 Å². The first-order chi connectivity index (χ1) is 11.1. The fourth-order valence-electron chi connectivity index (χ4n) is 2.01. The molecule has 0 saturated heterocycles. The third kappa shape index (κ3) is 2.71. The Morgan fingerprint density at radius 2 is 2.22 bits per heavy atom. The summed E-state index contributed by atoms with van der Waals surface area (Å²) in [5.74, 6) is 7.31. The van der Waals surface area contributed by atoms with Gasteiger partial charge in [0, 0.05) is 6.42 Å². The molecule has 23 heavy (non-hydrogen) atoms. The number of hydrogen-bond donors (Lipinski definition) is 2. The minimum atomic E-state index is -0.524. The van der Waals surface area contributed by atoms with Gasteiger partial charge in [0.05, 0.1) is 22.8 Å². The van der Waals surface area contributed by atoms with Crippen LogP contribution in [0.3, 0.4) is 0 Å². The molecule has 0 saturated carbocycles. The number of hydrogen-bond acceptors (Lipinski definition) is 9. The van der Waals surface area contributed by atoms with Gasteiger partial charge in [-0.3, -0.25) is 10.1 Å². The van der Waals surface area contributed by atoms with Crippen LogP contribution in [-0.4, -0.2) is 32.8 Å². The highest BCUT2D eigenvalue weighted by Gasteiger charge is 2.22. The Bertz CT molecular complexity index is 786. The first-order valence-electron chi connectivity index (χ1n) is 6.66. The van der Waals surface area contributed by atoms with Gasteiger partial charge in [0.15, 0.2) is 17.3 Å². The van der Waals surface area contributed by atoms with Gasteiger partial charge >= 0.3 is 0 Å². The van der Waals surface area contributed by atoms with E-state index < -0.39 is 4.92 Å². The van der Waals surface area contributed by atoms with E-state index in [0.717, 1.165) is 0 Å². The van der Waals surface area contributed by atoms with Crippen LogP contribution in [0.1, 0.15) is 18.3 Å². The summed E-state index contributed by atoms with van der Waals surface area (Å²) in [6.07, 6.45) is 1.89. The summed E-state index contributed by atoms with van der Waals surface area (Å²) in [6.45, 7) is 1.91. The lowest BCUT2D eigenvalue weighted by atomic mass is 10.1. The number of aryl methyl sites for hydroxylation is 1. The average Bonchev–Trinajstić information content (AvgIpc) is 3.12. The fourth-order valence-corrected chi connectivity index (χ4v) is 2.01. The molecule has 1 aromatic heterocycles. The molecule has 11 nitrogen and oxygen atoms in total. The van der Waals surface area contributed by atoms with Gasteiger partial charge in [-0.05, 0) is 6.07 Å². The molecular formula is C12H13N7O4. The normalized spacial score (nSPS) is 12.7. The van der Waals surface area contributed by atoms with E-state index in [4.69, 9.17) is 15.3 Å². The molecule has 120 valence electrons. The zero-order valence-corrected chi connectivity index (χ0v) is 12.1. The molecule has 0 atom stereocenters. The Labute approximate surface area is 129 Å². The van der Waals surface area contributed by atoms with Crippen LogP contribution in [0.2, 0.25) is 0 Å². The highest BCUT2D eigenvalue weighted by Crippen LogP contribution is 2.37. The zero-order valence-electron chi connectivity index (χ0n) is 12.1. The molecule has 0 spiro atoms. The number of nitro benzene ring substituents is 1. The number of ether oxygens (including phenoxy) is 2. The molecule has 1 aliphatic heterocycles. The third-order valence-corrected chi connectivity index (χ3v) is 3.17. The minimum Gasteiger partial charge on any atom is -0.454 e. The van der Waals surface area contributed by atoms with Crippen LogP contribution in [0.4, 0.5) is 11.6 Å². The Morgan fingerprint density at radius 3 is 2.87 bits per heavy atom. The van der Waals surface area contributed by atoms with Crippen LogP contribution < -0.4 is 20.7 Å². The Balaban J connectivity index is 1.84. The number of hydrazone groups is 1. The van der Waals surface area contributed by atoms with Crippen molar-refractivity contribution in [2.24, 2.45) is 5.10 Å². The first-order valence-corrected chi connectivity index (χ1v) is 6.66. The molecule has 1 aromatic carbocycles. The van der Waals surface area contributed by atoms with Crippen molar-refractivity contribution in [3.8, 4) is 11.5 Å². The Kier molecular flexibility index (Phi) is 3.66. The second kappa shape index (κ2) is 5.79. The van der Waals surface area contributed by atoms with Crippen molar-refractivity contribution in [2.45, 2.75) is 13.3 Å². The quantitative estimate of drug-likeness (QED) is 0.353. The molecule has 0 amide bonds. The number of benzene rings is 1. The van der Waals surface area contributed by atoms with Crippen molar-refractivity contribution in [3.63, 3.8) is 0 Å². The SMILES string of the molecule is CCc1nnc(N/N=C/c2cc3c(cc2[N+](=O)[O-])OCO3)n1N. The highest BCUT2D eigenvalue weighted by molar-refractivity contribution is 5.87. The summed E-state index contributed by atoms with van der Waals surface area (Å²) in [4.78, 5) is 10.6. The van der Waals surface area contributed by atoms with Gasteiger partial charge in [0.1, 0.15) is 0 Å². The second-order valence-electron chi connectivity index (χ2n) is 4.55. The molecule has 2 heterocycles. The van der Waals surface area contributed by atoms with E-state index in [1.54, 1.807) is 0 Å². The number of nitrogens with zero attached hydrogens (tertiary/aromatic N) is 5. The lowest BCUT2D eigenvalue weighted by Gasteiger charge is -2.02. The maximum absolute atomic E-state index is 11.1. The van der Waals surface area contributed by atoms with Crippen molar-refractivity contribution in [2.75, 3.05) is 18.1 Å². The van der Waals surface area contributed by atoms with Crippen molar-refractivity contribution >= 4 is 17.9 Å². The van der Waals surface area contributed by atoms with Gasteiger partial charge in [-0.15, -0.1) is 10.2 Å². The summed E-state index contributed by atoms with van der Waals surface area (Å²) in [5.41, 5.74) is 2.69. The zero-order chi connectivity index (χ0) is 16.4. The molecular weight excluding hydrogens is 306 g/mol. The van der Waals surface area contributed by atoms with Gasteiger partial charge in [-0.1, -0.05) is 6.92 Å². The van der Waals surface area contributed by atoms with E-state index in [2.05, 4.69) is 20.7 Å². The van der Waals surface area contributed by atoms with Crippen LogP contribution >= 0.6 is 0 Å². The average molecular weight is 319 g/mol. The molecule has 0 radical (unpaired) electrons. The summed E-state index contributed by atoms with van der Waals surface area (Å²) < 4.78 is 11.6. The number of anilines is 1. The number of fused-ring (bicyclic) bond motifs is 1. The van der Waals surface area contributed by atoms with Crippen molar-refractivity contribution in [1.82, 2.24) is 14.9 Å². The van der Waals surface area contributed by atoms with Crippen LogP contribution in [0.15, 0.2) is 17.2 Å². The highest BCUT2D eigenvalue weighted by atomic mass is 16.7. The number of rotatable bonds is 5. The maximum Gasteiger partial charge on any atom is 0.282 e. The lowest BCUT2D eigenvalue weighted by molar-refractivity contribution is -0.385. The van der Waals surface area contributed by atoms with Gasteiger partial charge in [0.25, 0.3) is 11.6 Å². The summed E-state index contributed by atoms with van der Waals surface area (Å²) in [6, 6.07) is 2.78. The van der Waals surface area contributed by atoms with Gasteiger partial charge in [0.2, 0.25) is 6.79 Å². The Morgan fingerprint density at radius 1 is 1.48 bits per heavy atom. The molecule has 11 heteroatoms. The molecule has 3 N–H and O–H groups in total. The number of aromatic nitrogens is 3. The maximum atomic E-state index is 11.1. The van der Waals surface area contributed by atoms with Crippen molar-refractivity contribution < 1.29 is 14.4 Å². The lowest BCUT2D eigenvalue weighted by Crippen LogP contribution is -2.15. The molecule has 0 fully saturated rings. The summed E-state index contributed by atoms with van der Waals surface area (Å²) in [5, 5.41) is 22.7. The van der Waals surface area contributed by atoms with Crippen molar-refractivity contribution in [3.05, 3.63) is 33.6 Å². The fraction of sp³-hybridized carbons (Fsp3) is 0.250. The van der Waals surface area contributed by atoms with E-state index in [9.17, 15) is 10.1 Å². The number of nitrogens with one attached hydrogen (secondary N) is 1. The summed E-state index contributed by atoms with van der Waals surface area (Å²) >= 11 is 0. The molecule has 2 aromatic rings. The molecule has 0 bridgehead atoms. The van der Waals surface area contributed by atoms with Crippen LogP contribution in [0.5, 0.6) is 11.5 Å². The standard InChI is InChI=1S/C12H13N7O4/c1-2-11-15-17-12(18(11)13)16-14-5-7-3-9-10(23-6-22-9)4-8(7)19(20)21/h3-5H,2,6,13H2,1H3,(H,16,17)/b14-5+. The minimum absolute atomic E-state index is 0.0292. The second-order valence-corrected chi connectivity index (χ2v) is 4.55. The van der Waals surface area contributed by atoms with Crippen molar-refractivity contribution in [1.29, 1.82) is 0 Å². The molecule has 1 aliphatic rings. The topological polar surface area (TPSA) is 143 Å². The number of nitrogens with two attached hydrogens (primary N) is 1. The monoisotopic (exact) mass is 319 g/mol. The van der Waals surface area contributed by atoms with E-state index in [1.807, 2.05) is 6.92 Å². The van der Waals surface area contributed by atoms with E-state index in [0.29, 0.717) is 23.7 Å². The molecule has 0 unspecified atom stereocenters.